The molecule has 128 valence electrons. The van der Waals surface area contributed by atoms with Gasteiger partial charge in [-0.2, -0.15) is 0 Å². The number of anilines is 2. The molecule has 1 saturated heterocycles. The standard InChI is InChI=1S/C19H24N2O3/c1-12(2)10-15-16(19(15,3)4)17(22)20-13-6-5-7-14(11-13)21-8-9-24-18(21)23/h5-7,10-11,15-16H,8-9H2,1-4H3,(H,20,22)/t15-,16+/m0/s1. The number of rotatable bonds is 4. The van der Waals surface area contributed by atoms with Gasteiger partial charge in [0.25, 0.3) is 0 Å². The molecule has 2 atom stereocenters. The van der Waals surface area contributed by atoms with Gasteiger partial charge in [-0.3, -0.25) is 9.69 Å². The molecular weight excluding hydrogens is 304 g/mol. The normalized spacial score (nSPS) is 24.3. The van der Waals surface area contributed by atoms with Gasteiger partial charge < -0.3 is 10.1 Å². The molecule has 3 rings (SSSR count). The number of carbonyl (C=O) groups excluding carboxylic acids is 2. The summed E-state index contributed by atoms with van der Waals surface area (Å²) in [6.07, 6.45) is 1.84. The summed E-state index contributed by atoms with van der Waals surface area (Å²) in [4.78, 5) is 25.9. The van der Waals surface area contributed by atoms with E-state index >= 15 is 0 Å². The fraction of sp³-hybridized carbons (Fsp3) is 0.474. The van der Waals surface area contributed by atoms with Crippen molar-refractivity contribution < 1.29 is 14.3 Å². The fourth-order valence-corrected chi connectivity index (χ4v) is 3.45. The summed E-state index contributed by atoms with van der Waals surface area (Å²) >= 11 is 0. The molecule has 5 nitrogen and oxygen atoms in total. The van der Waals surface area contributed by atoms with Gasteiger partial charge in [-0.15, -0.1) is 0 Å². The molecule has 1 aromatic rings. The van der Waals surface area contributed by atoms with Gasteiger partial charge in [0.2, 0.25) is 5.91 Å². The number of nitrogens with one attached hydrogen (secondary N) is 1. The summed E-state index contributed by atoms with van der Waals surface area (Å²) in [6, 6.07) is 7.33. The van der Waals surface area contributed by atoms with Crippen LogP contribution in [0, 0.1) is 17.3 Å². The Labute approximate surface area is 142 Å². The minimum Gasteiger partial charge on any atom is -0.447 e. The molecule has 0 radical (unpaired) electrons. The Balaban J connectivity index is 1.72. The number of benzene rings is 1. The number of allylic oxidation sites excluding steroid dienone is 2. The van der Waals surface area contributed by atoms with Crippen LogP contribution >= 0.6 is 0 Å². The molecule has 1 saturated carbocycles. The molecule has 0 aromatic heterocycles. The van der Waals surface area contributed by atoms with Crippen molar-refractivity contribution in [3.63, 3.8) is 0 Å². The van der Waals surface area contributed by atoms with Crippen LogP contribution in [0.4, 0.5) is 16.2 Å². The number of amides is 2. The average Bonchev–Trinajstić information content (AvgIpc) is 2.82. The van der Waals surface area contributed by atoms with Crippen LogP contribution in [-0.2, 0) is 9.53 Å². The van der Waals surface area contributed by atoms with E-state index in [1.54, 1.807) is 4.90 Å². The van der Waals surface area contributed by atoms with Gasteiger partial charge in [0.1, 0.15) is 6.61 Å². The van der Waals surface area contributed by atoms with E-state index in [2.05, 4.69) is 39.1 Å². The van der Waals surface area contributed by atoms with E-state index in [0.29, 0.717) is 18.8 Å². The van der Waals surface area contributed by atoms with Crippen LogP contribution in [0.1, 0.15) is 27.7 Å². The topological polar surface area (TPSA) is 58.6 Å². The number of hydrogen-bond donors (Lipinski definition) is 1. The van der Waals surface area contributed by atoms with Crippen molar-refractivity contribution in [2.24, 2.45) is 17.3 Å². The summed E-state index contributed by atoms with van der Waals surface area (Å²) in [7, 11) is 0. The zero-order valence-electron chi connectivity index (χ0n) is 14.6. The molecule has 1 aliphatic carbocycles. The molecule has 1 aromatic carbocycles. The first-order valence-electron chi connectivity index (χ1n) is 8.31. The van der Waals surface area contributed by atoms with Crippen LogP contribution in [0.2, 0.25) is 0 Å². The predicted octanol–water partition coefficient (Wildman–Crippen LogP) is 3.82. The molecule has 1 N–H and O–H groups in total. The average molecular weight is 328 g/mol. The highest BCUT2D eigenvalue weighted by atomic mass is 16.6. The summed E-state index contributed by atoms with van der Waals surface area (Å²) in [5.74, 6) is 0.288. The highest BCUT2D eigenvalue weighted by molar-refractivity contribution is 5.97. The smallest absolute Gasteiger partial charge is 0.414 e. The Hall–Kier alpha value is -2.30. The van der Waals surface area contributed by atoms with Crippen molar-refractivity contribution in [2.75, 3.05) is 23.4 Å². The lowest BCUT2D eigenvalue weighted by atomic mass is 10.1. The number of ether oxygens (including phenoxy) is 1. The van der Waals surface area contributed by atoms with E-state index in [1.165, 1.54) is 5.57 Å². The first kappa shape index (κ1) is 16.6. The van der Waals surface area contributed by atoms with E-state index in [4.69, 9.17) is 4.74 Å². The van der Waals surface area contributed by atoms with Crippen molar-refractivity contribution in [1.29, 1.82) is 0 Å². The Bertz CT molecular complexity index is 704. The number of nitrogens with zero attached hydrogens (tertiary/aromatic N) is 1. The second-order valence-electron chi connectivity index (χ2n) is 7.37. The first-order chi connectivity index (χ1) is 11.3. The van der Waals surface area contributed by atoms with Gasteiger partial charge >= 0.3 is 6.09 Å². The molecule has 1 heterocycles. The van der Waals surface area contributed by atoms with Crippen LogP contribution in [0.25, 0.3) is 0 Å². The van der Waals surface area contributed by atoms with Crippen molar-refractivity contribution in [2.45, 2.75) is 27.7 Å². The summed E-state index contributed by atoms with van der Waals surface area (Å²) in [5.41, 5.74) is 2.66. The van der Waals surface area contributed by atoms with Crippen molar-refractivity contribution in [1.82, 2.24) is 0 Å². The predicted molar refractivity (Wildman–Crippen MR) is 94.0 cm³/mol. The van der Waals surface area contributed by atoms with Gasteiger partial charge in [0.15, 0.2) is 0 Å². The van der Waals surface area contributed by atoms with E-state index in [0.717, 1.165) is 5.69 Å². The molecule has 0 spiro atoms. The summed E-state index contributed by atoms with van der Waals surface area (Å²) < 4.78 is 4.96. The highest BCUT2D eigenvalue weighted by Gasteiger charge is 2.60. The third kappa shape index (κ3) is 3.03. The Morgan fingerprint density at radius 2 is 2.12 bits per heavy atom. The van der Waals surface area contributed by atoms with Crippen LogP contribution in [0.15, 0.2) is 35.9 Å². The Morgan fingerprint density at radius 1 is 1.38 bits per heavy atom. The van der Waals surface area contributed by atoms with Crippen LogP contribution < -0.4 is 10.2 Å². The minimum atomic E-state index is -0.342. The lowest BCUT2D eigenvalue weighted by molar-refractivity contribution is -0.118. The maximum absolute atomic E-state index is 12.6. The minimum absolute atomic E-state index is 0.0161. The second kappa shape index (κ2) is 5.96. The van der Waals surface area contributed by atoms with Crippen LogP contribution in [0.5, 0.6) is 0 Å². The Kier molecular flexibility index (Phi) is 4.11. The maximum atomic E-state index is 12.6. The van der Waals surface area contributed by atoms with E-state index < -0.39 is 0 Å². The van der Waals surface area contributed by atoms with Gasteiger partial charge in [-0.1, -0.05) is 31.6 Å². The molecule has 5 heteroatoms. The monoisotopic (exact) mass is 328 g/mol. The number of hydrogen-bond acceptors (Lipinski definition) is 3. The van der Waals surface area contributed by atoms with Crippen LogP contribution in [-0.4, -0.2) is 25.2 Å². The lowest BCUT2D eigenvalue weighted by Gasteiger charge is -2.14. The third-order valence-corrected chi connectivity index (χ3v) is 4.89. The molecule has 2 aliphatic rings. The van der Waals surface area contributed by atoms with E-state index in [1.807, 2.05) is 24.3 Å². The lowest BCUT2D eigenvalue weighted by Crippen LogP contribution is -2.23. The van der Waals surface area contributed by atoms with E-state index in [-0.39, 0.29) is 29.3 Å². The summed E-state index contributed by atoms with van der Waals surface area (Å²) in [6.45, 7) is 9.30. The number of carbonyl (C=O) groups is 2. The molecule has 0 unspecified atom stereocenters. The largest absolute Gasteiger partial charge is 0.447 e. The molecule has 2 fully saturated rings. The van der Waals surface area contributed by atoms with Crippen LogP contribution in [0.3, 0.4) is 0 Å². The van der Waals surface area contributed by atoms with Gasteiger partial charge in [0.05, 0.1) is 12.5 Å². The molecule has 2 amide bonds. The van der Waals surface area contributed by atoms with E-state index in [9.17, 15) is 9.59 Å². The first-order valence-corrected chi connectivity index (χ1v) is 8.31. The third-order valence-electron chi connectivity index (χ3n) is 4.89. The second-order valence-corrected chi connectivity index (χ2v) is 7.37. The summed E-state index contributed by atoms with van der Waals surface area (Å²) in [5, 5.41) is 2.99. The van der Waals surface area contributed by atoms with Crippen molar-refractivity contribution in [3.05, 3.63) is 35.9 Å². The van der Waals surface area contributed by atoms with Gasteiger partial charge in [0, 0.05) is 11.4 Å². The van der Waals surface area contributed by atoms with Crippen molar-refractivity contribution in [3.8, 4) is 0 Å². The molecular formula is C19H24N2O3. The Morgan fingerprint density at radius 3 is 2.75 bits per heavy atom. The van der Waals surface area contributed by atoms with Gasteiger partial charge in [-0.05, 0) is 43.4 Å². The van der Waals surface area contributed by atoms with Gasteiger partial charge in [-0.25, -0.2) is 4.79 Å². The fourth-order valence-electron chi connectivity index (χ4n) is 3.45. The zero-order valence-corrected chi connectivity index (χ0v) is 14.6. The molecule has 1 aliphatic heterocycles. The highest BCUT2D eigenvalue weighted by Crippen LogP contribution is 2.59. The quantitative estimate of drug-likeness (QED) is 0.855. The zero-order chi connectivity index (χ0) is 17.5. The van der Waals surface area contributed by atoms with Crippen molar-refractivity contribution >= 4 is 23.4 Å². The molecule has 24 heavy (non-hydrogen) atoms. The SMILES string of the molecule is CC(C)=C[C@H]1[C@H](C(=O)Nc2cccc(N3CCOC3=O)c2)C1(C)C. The number of cyclic esters (lactones) is 1. The maximum Gasteiger partial charge on any atom is 0.414 e. The molecule has 0 bridgehead atoms.